The smallest absolute Gasteiger partial charge is 0.323 e. The lowest BCUT2D eigenvalue weighted by atomic mass is 10.4. The number of carboxylic acid groups (broad SMARTS) is 1. The number of nitrogens with zero attached hydrogens (tertiary/aromatic N) is 2. The van der Waals surface area contributed by atoms with Crippen molar-refractivity contribution >= 4 is 12.0 Å². The number of carbonyl (C=O) groups is 2. The first kappa shape index (κ1) is 12.5. The molecule has 0 radical (unpaired) electrons. The predicted octanol–water partition coefficient (Wildman–Crippen LogP) is 0.631. The van der Waals surface area contributed by atoms with Crippen molar-refractivity contribution in [3.63, 3.8) is 0 Å². The second kappa shape index (κ2) is 6.01. The number of hydrogen-bond acceptors (Lipinski definition) is 2. The van der Waals surface area contributed by atoms with Crippen LogP contribution in [0.5, 0.6) is 0 Å². The van der Waals surface area contributed by atoms with Crippen molar-refractivity contribution in [3.8, 4) is 0 Å². The molecule has 0 heterocycles. The maximum Gasteiger partial charge on any atom is 0.323 e. The van der Waals surface area contributed by atoms with E-state index in [2.05, 4.69) is 6.58 Å². The van der Waals surface area contributed by atoms with Gasteiger partial charge in [0.15, 0.2) is 0 Å². The van der Waals surface area contributed by atoms with Crippen molar-refractivity contribution in [2.75, 3.05) is 26.7 Å². The summed E-state index contributed by atoms with van der Waals surface area (Å²) in [5.41, 5.74) is 0. The molecule has 0 aliphatic rings. The molecule has 0 aliphatic carbocycles. The third kappa shape index (κ3) is 3.93. The normalized spacial score (nSPS) is 9.29. The van der Waals surface area contributed by atoms with Gasteiger partial charge in [-0.3, -0.25) is 4.79 Å². The molecule has 0 saturated carbocycles. The summed E-state index contributed by atoms with van der Waals surface area (Å²) in [7, 11) is 1.46. The van der Waals surface area contributed by atoms with Crippen LogP contribution in [-0.4, -0.2) is 53.6 Å². The van der Waals surface area contributed by atoms with Crippen LogP contribution in [0.25, 0.3) is 0 Å². The van der Waals surface area contributed by atoms with Crippen molar-refractivity contribution in [3.05, 3.63) is 12.7 Å². The van der Waals surface area contributed by atoms with Gasteiger partial charge in [0.1, 0.15) is 6.54 Å². The van der Waals surface area contributed by atoms with E-state index in [1.54, 1.807) is 6.08 Å². The molecule has 5 nitrogen and oxygen atoms in total. The molecule has 0 fully saturated rings. The van der Waals surface area contributed by atoms with E-state index in [0.717, 1.165) is 4.90 Å². The number of likely N-dealkylation sites (N-methyl/N-ethyl adjacent to an activating group) is 2. The van der Waals surface area contributed by atoms with Gasteiger partial charge in [-0.05, 0) is 6.92 Å². The van der Waals surface area contributed by atoms with Crippen LogP contribution in [0, 0.1) is 0 Å². The zero-order chi connectivity index (χ0) is 11.1. The molecule has 1 N–H and O–H groups in total. The molecular weight excluding hydrogens is 184 g/mol. The highest BCUT2D eigenvalue weighted by molar-refractivity contribution is 5.79. The highest BCUT2D eigenvalue weighted by Gasteiger charge is 2.16. The van der Waals surface area contributed by atoms with Crippen LogP contribution >= 0.6 is 0 Å². The van der Waals surface area contributed by atoms with Crippen LogP contribution in [0.15, 0.2) is 12.7 Å². The molecule has 2 amide bonds. The predicted molar refractivity (Wildman–Crippen MR) is 53.1 cm³/mol. The summed E-state index contributed by atoms with van der Waals surface area (Å²) in [6.45, 7) is 6.03. The molecule has 80 valence electrons. The first-order chi connectivity index (χ1) is 6.52. The zero-order valence-corrected chi connectivity index (χ0v) is 8.56. The first-order valence-electron chi connectivity index (χ1n) is 4.35. The standard InChI is InChI=1S/C9H16N2O3/c1-4-6-11(5-2)9(14)10(3)7-8(12)13/h4H,1,5-7H2,2-3H3,(H,12,13). The number of aliphatic carboxylic acids is 1. The lowest BCUT2D eigenvalue weighted by Gasteiger charge is -2.24. The van der Waals surface area contributed by atoms with E-state index < -0.39 is 5.97 Å². The first-order valence-corrected chi connectivity index (χ1v) is 4.35. The minimum atomic E-state index is -1.02. The number of carbonyl (C=O) groups excluding carboxylic acids is 1. The average Bonchev–Trinajstić information content (AvgIpc) is 2.12. The fraction of sp³-hybridized carbons (Fsp3) is 0.556. The zero-order valence-electron chi connectivity index (χ0n) is 8.56. The molecule has 0 aromatic heterocycles. The van der Waals surface area contributed by atoms with Crippen molar-refractivity contribution in [1.29, 1.82) is 0 Å². The molecule has 0 aromatic rings. The molecule has 0 saturated heterocycles. The van der Waals surface area contributed by atoms with Gasteiger partial charge < -0.3 is 14.9 Å². The molecule has 0 spiro atoms. The van der Waals surface area contributed by atoms with Gasteiger partial charge in [-0.1, -0.05) is 6.08 Å². The molecule has 0 bridgehead atoms. The maximum absolute atomic E-state index is 11.5. The largest absolute Gasteiger partial charge is 0.480 e. The molecule has 0 unspecified atom stereocenters. The topological polar surface area (TPSA) is 60.9 Å². The minimum absolute atomic E-state index is 0.285. The van der Waals surface area contributed by atoms with E-state index in [0.29, 0.717) is 13.1 Å². The lowest BCUT2D eigenvalue weighted by Crippen LogP contribution is -2.43. The van der Waals surface area contributed by atoms with Gasteiger partial charge in [0.2, 0.25) is 0 Å². The van der Waals surface area contributed by atoms with E-state index in [-0.39, 0.29) is 12.6 Å². The number of carboxylic acids is 1. The van der Waals surface area contributed by atoms with Gasteiger partial charge in [0.25, 0.3) is 0 Å². The van der Waals surface area contributed by atoms with Gasteiger partial charge in [0.05, 0.1) is 0 Å². The Morgan fingerprint density at radius 3 is 2.43 bits per heavy atom. The highest BCUT2D eigenvalue weighted by Crippen LogP contribution is 1.96. The van der Waals surface area contributed by atoms with E-state index in [1.807, 2.05) is 6.92 Å². The molecule has 14 heavy (non-hydrogen) atoms. The number of rotatable bonds is 5. The Kier molecular flexibility index (Phi) is 5.36. The van der Waals surface area contributed by atoms with Gasteiger partial charge in [-0.2, -0.15) is 0 Å². The monoisotopic (exact) mass is 200 g/mol. The molecule has 0 atom stereocenters. The van der Waals surface area contributed by atoms with E-state index in [9.17, 15) is 9.59 Å². The molecule has 0 aromatic carbocycles. The van der Waals surface area contributed by atoms with Gasteiger partial charge in [0, 0.05) is 20.1 Å². The fourth-order valence-corrected chi connectivity index (χ4v) is 1.01. The average molecular weight is 200 g/mol. The summed E-state index contributed by atoms with van der Waals surface area (Å²) in [6.07, 6.45) is 1.61. The minimum Gasteiger partial charge on any atom is -0.480 e. The van der Waals surface area contributed by atoms with Crippen LogP contribution in [0.3, 0.4) is 0 Å². The number of amides is 2. The van der Waals surface area contributed by atoms with Crippen LogP contribution < -0.4 is 0 Å². The molecule has 0 aliphatic heterocycles. The van der Waals surface area contributed by atoms with Gasteiger partial charge >= 0.3 is 12.0 Å². The molecule has 5 heteroatoms. The lowest BCUT2D eigenvalue weighted by molar-refractivity contribution is -0.137. The van der Waals surface area contributed by atoms with E-state index in [1.165, 1.54) is 11.9 Å². The van der Waals surface area contributed by atoms with Gasteiger partial charge in [-0.25, -0.2) is 4.79 Å². The quantitative estimate of drug-likeness (QED) is 0.662. The Bertz CT molecular complexity index is 228. The Labute approximate surface area is 83.6 Å². The summed E-state index contributed by atoms with van der Waals surface area (Å²) in [4.78, 5) is 24.6. The van der Waals surface area contributed by atoms with Crippen molar-refractivity contribution in [2.45, 2.75) is 6.92 Å². The second-order valence-corrected chi connectivity index (χ2v) is 2.86. The Balaban J connectivity index is 4.25. The summed E-state index contributed by atoms with van der Waals surface area (Å²) >= 11 is 0. The summed E-state index contributed by atoms with van der Waals surface area (Å²) in [6, 6.07) is -0.296. The van der Waals surface area contributed by atoms with Crippen molar-refractivity contribution < 1.29 is 14.7 Å². The van der Waals surface area contributed by atoms with E-state index >= 15 is 0 Å². The van der Waals surface area contributed by atoms with Crippen LogP contribution in [0.4, 0.5) is 4.79 Å². The Morgan fingerprint density at radius 2 is 2.07 bits per heavy atom. The van der Waals surface area contributed by atoms with E-state index in [4.69, 9.17) is 5.11 Å². The summed E-state index contributed by atoms with van der Waals surface area (Å²) in [5.74, 6) is -1.02. The second-order valence-electron chi connectivity index (χ2n) is 2.86. The maximum atomic E-state index is 11.5. The van der Waals surface area contributed by atoms with Gasteiger partial charge in [-0.15, -0.1) is 6.58 Å². The fourth-order valence-electron chi connectivity index (χ4n) is 1.01. The number of urea groups is 1. The third-order valence-electron chi connectivity index (χ3n) is 1.70. The van der Waals surface area contributed by atoms with Crippen LogP contribution in [0.1, 0.15) is 6.92 Å². The Hall–Kier alpha value is -1.52. The van der Waals surface area contributed by atoms with Crippen LogP contribution in [-0.2, 0) is 4.79 Å². The molecule has 0 rings (SSSR count). The van der Waals surface area contributed by atoms with Crippen molar-refractivity contribution in [1.82, 2.24) is 9.80 Å². The van der Waals surface area contributed by atoms with Crippen molar-refractivity contribution in [2.24, 2.45) is 0 Å². The number of hydrogen-bond donors (Lipinski definition) is 1. The Morgan fingerprint density at radius 1 is 1.50 bits per heavy atom. The highest BCUT2D eigenvalue weighted by atomic mass is 16.4. The summed E-state index contributed by atoms with van der Waals surface area (Å²) < 4.78 is 0. The summed E-state index contributed by atoms with van der Waals surface area (Å²) in [5, 5.41) is 8.48. The van der Waals surface area contributed by atoms with Crippen LogP contribution in [0.2, 0.25) is 0 Å². The SMILES string of the molecule is C=CCN(CC)C(=O)N(C)CC(=O)O. The molecular formula is C9H16N2O3. The third-order valence-corrected chi connectivity index (χ3v) is 1.70.